The average Bonchev–Trinajstić information content (AvgIpc) is 2.51. The van der Waals surface area contributed by atoms with E-state index in [1.165, 1.54) is 0 Å². The van der Waals surface area contributed by atoms with Crippen LogP contribution >= 0.6 is 0 Å². The zero-order valence-corrected chi connectivity index (χ0v) is 13.7. The van der Waals surface area contributed by atoms with Crippen molar-refractivity contribution in [1.82, 2.24) is 10.6 Å². The summed E-state index contributed by atoms with van der Waals surface area (Å²) in [6, 6.07) is 0. The van der Waals surface area contributed by atoms with Gasteiger partial charge in [0.05, 0.1) is 18.6 Å². The molecule has 0 aromatic carbocycles. The van der Waals surface area contributed by atoms with Crippen LogP contribution in [0.2, 0.25) is 0 Å². The molecule has 1 heterocycles. The van der Waals surface area contributed by atoms with E-state index in [0.717, 1.165) is 64.8 Å². The molecule has 1 fully saturated rings. The van der Waals surface area contributed by atoms with Crippen molar-refractivity contribution in [3.05, 3.63) is 0 Å². The molecule has 1 saturated heterocycles. The predicted molar refractivity (Wildman–Crippen MR) is 84.4 cm³/mol. The lowest BCUT2D eigenvalue weighted by Gasteiger charge is -2.36. The van der Waals surface area contributed by atoms with E-state index in [0.29, 0.717) is 13.2 Å². The molecule has 1 aliphatic rings. The summed E-state index contributed by atoms with van der Waals surface area (Å²) in [5.74, 6) is 0.256. The third kappa shape index (κ3) is 6.76. The van der Waals surface area contributed by atoms with E-state index < -0.39 is 0 Å². The van der Waals surface area contributed by atoms with Crippen LogP contribution in [-0.2, 0) is 14.3 Å². The third-order valence-corrected chi connectivity index (χ3v) is 4.20. The van der Waals surface area contributed by atoms with Crippen molar-refractivity contribution in [2.24, 2.45) is 5.41 Å². The topological polar surface area (TPSA) is 59.6 Å². The molecule has 5 heteroatoms. The van der Waals surface area contributed by atoms with Crippen LogP contribution in [0.15, 0.2) is 0 Å². The molecule has 0 atom stereocenters. The fourth-order valence-corrected chi connectivity index (χ4v) is 2.94. The Morgan fingerprint density at radius 2 is 1.95 bits per heavy atom. The monoisotopic (exact) mass is 300 g/mol. The van der Waals surface area contributed by atoms with Gasteiger partial charge in [-0.15, -0.1) is 0 Å². The number of hydrogen-bond acceptors (Lipinski definition) is 4. The predicted octanol–water partition coefficient (Wildman–Crippen LogP) is 1.72. The van der Waals surface area contributed by atoms with Crippen LogP contribution in [0.3, 0.4) is 0 Å². The maximum absolute atomic E-state index is 12.5. The molecule has 0 aromatic heterocycles. The first-order valence-corrected chi connectivity index (χ1v) is 8.31. The number of rotatable bonds is 11. The van der Waals surface area contributed by atoms with Gasteiger partial charge in [-0.3, -0.25) is 4.79 Å². The van der Waals surface area contributed by atoms with E-state index >= 15 is 0 Å². The van der Waals surface area contributed by atoms with Gasteiger partial charge in [0.1, 0.15) is 0 Å². The SMILES string of the molecule is CCCC1(C(=O)NCCCCOCCOC)CCNCC1. The van der Waals surface area contributed by atoms with Crippen molar-refractivity contribution >= 4 is 5.91 Å². The molecule has 0 aromatic rings. The average molecular weight is 300 g/mol. The normalized spacial score (nSPS) is 17.6. The molecule has 1 amide bonds. The van der Waals surface area contributed by atoms with Gasteiger partial charge in [-0.1, -0.05) is 13.3 Å². The van der Waals surface area contributed by atoms with Crippen molar-refractivity contribution in [2.45, 2.75) is 45.4 Å². The van der Waals surface area contributed by atoms with Gasteiger partial charge in [0.25, 0.3) is 0 Å². The first kappa shape index (κ1) is 18.4. The Kier molecular flexibility index (Phi) is 9.63. The van der Waals surface area contributed by atoms with Gasteiger partial charge in [-0.2, -0.15) is 0 Å². The second-order valence-corrected chi connectivity index (χ2v) is 5.85. The standard InChI is InChI=1S/C16H32N2O3/c1-3-6-16(7-10-17-11-8-16)15(19)18-9-4-5-12-21-14-13-20-2/h17H,3-14H2,1-2H3,(H,18,19). The van der Waals surface area contributed by atoms with E-state index in [-0.39, 0.29) is 11.3 Å². The van der Waals surface area contributed by atoms with Crippen molar-refractivity contribution in [3.63, 3.8) is 0 Å². The van der Waals surface area contributed by atoms with Crippen molar-refractivity contribution in [2.75, 3.05) is 46.6 Å². The summed E-state index contributed by atoms with van der Waals surface area (Å²) in [5.41, 5.74) is -0.130. The highest BCUT2D eigenvalue weighted by atomic mass is 16.5. The van der Waals surface area contributed by atoms with Gasteiger partial charge >= 0.3 is 0 Å². The summed E-state index contributed by atoms with van der Waals surface area (Å²) in [6.45, 7) is 6.87. The van der Waals surface area contributed by atoms with Crippen molar-refractivity contribution in [3.8, 4) is 0 Å². The lowest BCUT2D eigenvalue weighted by atomic mass is 9.74. The minimum atomic E-state index is -0.130. The molecular formula is C16H32N2O3. The van der Waals surface area contributed by atoms with E-state index in [1.807, 2.05) is 0 Å². The maximum atomic E-state index is 12.5. The van der Waals surface area contributed by atoms with E-state index in [2.05, 4.69) is 17.6 Å². The van der Waals surface area contributed by atoms with Crippen LogP contribution in [0.5, 0.6) is 0 Å². The van der Waals surface area contributed by atoms with Gasteiger partial charge in [0, 0.05) is 20.3 Å². The zero-order chi connectivity index (χ0) is 15.4. The van der Waals surface area contributed by atoms with Crippen LogP contribution in [0.25, 0.3) is 0 Å². The fraction of sp³-hybridized carbons (Fsp3) is 0.938. The Hall–Kier alpha value is -0.650. The summed E-state index contributed by atoms with van der Waals surface area (Å²) in [5, 5.41) is 6.48. The second kappa shape index (κ2) is 11.0. The van der Waals surface area contributed by atoms with Gasteiger partial charge in [0.2, 0.25) is 5.91 Å². The van der Waals surface area contributed by atoms with Crippen LogP contribution in [0.4, 0.5) is 0 Å². The molecule has 2 N–H and O–H groups in total. The lowest BCUT2D eigenvalue weighted by Crippen LogP contribution is -2.47. The Bertz CT molecular complexity index is 273. The highest BCUT2D eigenvalue weighted by molar-refractivity contribution is 5.82. The molecule has 124 valence electrons. The summed E-state index contributed by atoms with van der Waals surface area (Å²) in [6.07, 6.45) is 5.95. The van der Waals surface area contributed by atoms with Crippen LogP contribution in [0, 0.1) is 5.41 Å². The fourth-order valence-electron chi connectivity index (χ4n) is 2.94. The van der Waals surface area contributed by atoms with Crippen LogP contribution in [0.1, 0.15) is 45.4 Å². The molecule has 0 saturated carbocycles. The van der Waals surface area contributed by atoms with Crippen molar-refractivity contribution < 1.29 is 14.3 Å². The van der Waals surface area contributed by atoms with E-state index in [4.69, 9.17) is 9.47 Å². The second-order valence-electron chi connectivity index (χ2n) is 5.85. The molecule has 0 spiro atoms. The number of ether oxygens (including phenoxy) is 2. The number of amides is 1. The molecule has 5 nitrogen and oxygen atoms in total. The number of methoxy groups -OCH3 is 1. The lowest BCUT2D eigenvalue weighted by molar-refractivity contribution is -0.133. The number of unbranched alkanes of at least 4 members (excludes halogenated alkanes) is 1. The van der Waals surface area contributed by atoms with Crippen LogP contribution in [-0.4, -0.2) is 52.5 Å². The summed E-state index contributed by atoms with van der Waals surface area (Å²) < 4.78 is 10.3. The molecule has 0 aliphatic carbocycles. The Balaban J connectivity index is 2.16. The molecule has 0 radical (unpaired) electrons. The summed E-state index contributed by atoms with van der Waals surface area (Å²) in [4.78, 5) is 12.5. The number of piperidine rings is 1. The van der Waals surface area contributed by atoms with Gasteiger partial charge in [-0.05, 0) is 45.2 Å². The first-order chi connectivity index (χ1) is 10.2. The van der Waals surface area contributed by atoms with Gasteiger partial charge in [0.15, 0.2) is 0 Å². The van der Waals surface area contributed by atoms with Gasteiger partial charge < -0.3 is 20.1 Å². The Labute approximate surface area is 129 Å². The van der Waals surface area contributed by atoms with Crippen LogP contribution < -0.4 is 10.6 Å². The quantitative estimate of drug-likeness (QED) is 0.570. The molecule has 0 bridgehead atoms. The minimum absolute atomic E-state index is 0.130. The molecule has 1 rings (SSSR count). The molecular weight excluding hydrogens is 268 g/mol. The minimum Gasteiger partial charge on any atom is -0.382 e. The van der Waals surface area contributed by atoms with Crippen molar-refractivity contribution in [1.29, 1.82) is 0 Å². The van der Waals surface area contributed by atoms with E-state index in [1.54, 1.807) is 7.11 Å². The Morgan fingerprint density at radius 3 is 2.62 bits per heavy atom. The number of nitrogens with one attached hydrogen (secondary N) is 2. The zero-order valence-electron chi connectivity index (χ0n) is 13.7. The number of carbonyl (C=O) groups excluding carboxylic acids is 1. The first-order valence-electron chi connectivity index (χ1n) is 8.31. The molecule has 0 unspecified atom stereocenters. The maximum Gasteiger partial charge on any atom is 0.226 e. The highest BCUT2D eigenvalue weighted by Gasteiger charge is 2.38. The molecule has 1 aliphatic heterocycles. The summed E-state index contributed by atoms with van der Waals surface area (Å²) in [7, 11) is 1.67. The van der Waals surface area contributed by atoms with Gasteiger partial charge in [-0.25, -0.2) is 0 Å². The highest BCUT2D eigenvalue weighted by Crippen LogP contribution is 2.34. The smallest absolute Gasteiger partial charge is 0.226 e. The largest absolute Gasteiger partial charge is 0.382 e. The number of carbonyl (C=O) groups is 1. The Morgan fingerprint density at radius 1 is 1.19 bits per heavy atom. The summed E-state index contributed by atoms with van der Waals surface area (Å²) >= 11 is 0. The third-order valence-electron chi connectivity index (χ3n) is 4.20. The van der Waals surface area contributed by atoms with E-state index in [9.17, 15) is 4.79 Å². The molecule has 21 heavy (non-hydrogen) atoms. The number of hydrogen-bond donors (Lipinski definition) is 2.